The van der Waals surface area contributed by atoms with Crippen molar-refractivity contribution in [1.82, 2.24) is 9.21 Å². The van der Waals surface area contributed by atoms with E-state index in [1.54, 1.807) is 22.7 Å². The first-order valence-electron chi connectivity index (χ1n) is 10.8. The minimum Gasteiger partial charge on any atom is -0.464 e. The highest BCUT2D eigenvalue weighted by Gasteiger charge is 2.53. The van der Waals surface area contributed by atoms with E-state index in [4.69, 9.17) is 9.15 Å². The van der Waals surface area contributed by atoms with Crippen molar-refractivity contribution in [3.8, 4) is 0 Å². The molecule has 4 heterocycles. The molecule has 1 aromatic heterocycles. The molecule has 1 saturated carbocycles. The van der Waals surface area contributed by atoms with E-state index in [-0.39, 0.29) is 0 Å². The molecule has 4 fully saturated rings. The monoisotopic (exact) mass is 416 g/mol. The summed E-state index contributed by atoms with van der Waals surface area (Å²) in [4.78, 5) is 2.99. The highest BCUT2D eigenvalue weighted by Crippen LogP contribution is 2.51. The smallest absolute Gasteiger partial charge is 0.243 e. The predicted molar refractivity (Wildman–Crippen MR) is 109 cm³/mol. The molecule has 3 aliphatic heterocycles. The van der Waals surface area contributed by atoms with Crippen LogP contribution in [0, 0.1) is 10.8 Å². The van der Waals surface area contributed by atoms with Crippen molar-refractivity contribution in [2.24, 2.45) is 10.8 Å². The quantitative estimate of drug-likeness (QED) is 0.769. The van der Waals surface area contributed by atoms with Crippen molar-refractivity contribution in [2.45, 2.75) is 43.0 Å². The largest absolute Gasteiger partial charge is 0.464 e. The van der Waals surface area contributed by atoms with Crippen molar-refractivity contribution < 1.29 is 17.6 Å². The molecule has 4 aliphatic rings. The first-order chi connectivity index (χ1) is 14.0. The maximum Gasteiger partial charge on any atom is 0.243 e. The third kappa shape index (κ3) is 2.89. The number of piperidine rings is 1. The fourth-order valence-electron chi connectivity index (χ4n) is 6.03. The van der Waals surface area contributed by atoms with Gasteiger partial charge in [0, 0.05) is 49.1 Å². The molecule has 2 spiro atoms. The molecule has 2 aromatic rings. The summed E-state index contributed by atoms with van der Waals surface area (Å²) >= 11 is 0. The fraction of sp³-hybridized carbons (Fsp3) is 0.636. The van der Waals surface area contributed by atoms with Gasteiger partial charge in [-0.05, 0) is 55.7 Å². The zero-order chi connectivity index (χ0) is 19.7. The first-order valence-corrected chi connectivity index (χ1v) is 12.2. The Hall–Kier alpha value is -1.41. The van der Waals surface area contributed by atoms with Gasteiger partial charge in [0.05, 0.1) is 24.4 Å². The zero-order valence-corrected chi connectivity index (χ0v) is 17.5. The molecule has 29 heavy (non-hydrogen) atoms. The van der Waals surface area contributed by atoms with E-state index in [9.17, 15) is 8.42 Å². The second kappa shape index (κ2) is 6.30. The summed E-state index contributed by atoms with van der Waals surface area (Å²) in [5, 5.41) is 0.930. The molecule has 1 aliphatic carbocycles. The van der Waals surface area contributed by atoms with Crippen LogP contribution in [-0.2, 0) is 14.8 Å². The van der Waals surface area contributed by atoms with Crippen molar-refractivity contribution in [1.29, 1.82) is 0 Å². The lowest BCUT2D eigenvalue weighted by molar-refractivity contribution is -0.198. The molecule has 1 aromatic carbocycles. The van der Waals surface area contributed by atoms with Gasteiger partial charge >= 0.3 is 0 Å². The van der Waals surface area contributed by atoms with Crippen LogP contribution in [0.3, 0.4) is 0 Å². The molecule has 156 valence electrons. The lowest BCUT2D eigenvalue weighted by atomic mass is 9.75. The van der Waals surface area contributed by atoms with E-state index >= 15 is 0 Å². The Morgan fingerprint density at radius 2 is 1.79 bits per heavy atom. The highest BCUT2D eigenvalue weighted by atomic mass is 32.2. The third-order valence-electron chi connectivity index (χ3n) is 7.93. The molecular weight excluding hydrogens is 388 g/mol. The van der Waals surface area contributed by atoms with Gasteiger partial charge < -0.3 is 9.15 Å². The molecular formula is C22H28N2O4S. The number of furan rings is 1. The number of ether oxygens (including phenoxy) is 1. The molecule has 0 amide bonds. The number of nitrogens with zero attached hydrogens (tertiary/aromatic N) is 2. The number of fused-ring (bicyclic) bond motifs is 1. The van der Waals surface area contributed by atoms with Crippen LogP contribution < -0.4 is 0 Å². The summed E-state index contributed by atoms with van der Waals surface area (Å²) in [6.45, 7) is 5.54. The summed E-state index contributed by atoms with van der Waals surface area (Å²) in [6.07, 6.45) is 7.29. The summed E-state index contributed by atoms with van der Waals surface area (Å²) < 4.78 is 38.8. The average molecular weight is 417 g/mol. The van der Waals surface area contributed by atoms with Crippen molar-refractivity contribution in [3.05, 3.63) is 30.5 Å². The Morgan fingerprint density at radius 3 is 2.52 bits per heavy atom. The Kier molecular flexibility index (Phi) is 3.99. The first kappa shape index (κ1) is 18.4. The van der Waals surface area contributed by atoms with Gasteiger partial charge in [-0.25, -0.2) is 8.42 Å². The molecule has 0 radical (unpaired) electrons. The van der Waals surface area contributed by atoms with Gasteiger partial charge in [0.2, 0.25) is 10.0 Å². The summed E-state index contributed by atoms with van der Waals surface area (Å²) in [5.41, 5.74) is 1.44. The SMILES string of the molecule is O=S(=O)(c1ccc2ccoc2c1)N1CCC2(CCC(N3CC4(COC4)C3)C2)CC1. The Balaban J connectivity index is 1.11. The van der Waals surface area contributed by atoms with Crippen molar-refractivity contribution >= 4 is 21.0 Å². The fourth-order valence-corrected chi connectivity index (χ4v) is 7.49. The van der Waals surface area contributed by atoms with E-state index in [0.717, 1.165) is 31.4 Å². The van der Waals surface area contributed by atoms with E-state index in [0.29, 0.717) is 40.4 Å². The average Bonchev–Trinajstić information content (AvgIpc) is 3.27. The number of likely N-dealkylation sites (tertiary alicyclic amines) is 1. The Morgan fingerprint density at radius 1 is 1.00 bits per heavy atom. The maximum absolute atomic E-state index is 13.2. The number of rotatable bonds is 3. The van der Waals surface area contributed by atoms with E-state index in [1.807, 2.05) is 12.1 Å². The van der Waals surface area contributed by atoms with Crippen LogP contribution in [0.5, 0.6) is 0 Å². The van der Waals surface area contributed by atoms with Crippen LogP contribution in [-0.4, -0.2) is 63.1 Å². The molecule has 7 heteroatoms. The number of hydrogen-bond donors (Lipinski definition) is 0. The standard InChI is InChI=1S/C22H28N2O4S/c25-29(26,19-2-1-17-4-10-28-20(17)11-19)24-8-6-21(7-9-24)5-3-18(12-21)23-13-22(14-23)15-27-16-22/h1-2,4,10-11,18H,3,5-9,12-16H2. The zero-order valence-electron chi connectivity index (χ0n) is 16.7. The molecule has 1 unspecified atom stereocenters. The number of sulfonamides is 1. The van der Waals surface area contributed by atoms with E-state index in [1.165, 1.54) is 32.4 Å². The topological polar surface area (TPSA) is 63.0 Å². The second-order valence-electron chi connectivity index (χ2n) is 9.82. The van der Waals surface area contributed by atoms with Crippen LogP contribution >= 0.6 is 0 Å². The maximum atomic E-state index is 13.2. The van der Waals surface area contributed by atoms with Gasteiger partial charge in [-0.1, -0.05) is 0 Å². The number of hydrogen-bond acceptors (Lipinski definition) is 5. The van der Waals surface area contributed by atoms with E-state index < -0.39 is 10.0 Å². The van der Waals surface area contributed by atoms with E-state index in [2.05, 4.69) is 4.90 Å². The van der Waals surface area contributed by atoms with Crippen LogP contribution in [0.2, 0.25) is 0 Å². The van der Waals surface area contributed by atoms with Gasteiger partial charge in [-0.2, -0.15) is 4.31 Å². The minimum absolute atomic E-state index is 0.334. The second-order valence-corrected chi connectivity index (χ2v) is 11.8. The van der Waals surface area contributed by atoms with Crippen LogP contribution in [0.25, 0.3) is 11.0 Å². The molecule has 0 N–H and O–H groups in total. The van der Waals surface area contributed by atoms with Crippen LogP contribution in [0.15, 0.2) is 39.8 Å². The van der Waals surface area contributed by atoms with Crippen molar-refractivity contribution in [2.75, 3.05) is 39.4 Å². The molecule has 1 atom stereocenters. The van der Waals surface area contributed by atoms with Gasteiger partial charge in [0.1, 0.15) is 5.58 Å². The third-order valence-corrected chi connectivity index (χ3v) is 9.83. The summed E-state index contributed by atoms with van der Waals surface area (Å²) in [7, 11) is -3.46. The summed E-state index contributed by atoms with van der Waals surface area (Å²) in [6, 6.07) is 7.72. The van der Waals surface area contributed by atoms with Crippen molar-refractivity contribution in [3.63, 3.8) is 0 Å². The molecule has 6 nitrogen and oxygen atoms in total. The lowest BCUT2D eigenvalue weighted by Gasteiger charge is -2.57. The van der Waals surface area contributed by atoms with Gasteiger partial charge in [0.25, 0.3) is 0 Å². The Bertz CT molecular complexity index is 1030. The normalized spacial score (nSPS) is 29.3. The molecule has 6 rings (SSSR count). The minimum atomic E-state index is -3.46. The Labute approximate surface area is 171 Å². The van der Waals surface area contributed by atoms with Crippen LogP contribution in [0.4, 0.5) is 0 Å². The van der Waals surface area contributed by atoms with Gasteiger partial charge in [-0.3, -0.25) is 4.90 Å². The predicted octanol–water partition coefficient (Wildman–Crippen LogP) is 3.09. The molecule has 3 saturated heterocycles. The van der Waals surface area contributed by atoms with Crippen LogP contribution in [0.1, 0.15) is 32.1 Å². The summed E-state index contributed by atoms with van der Waals surface area (Å²) in [5.74, 6) is 0. The van der Waals surface area contributed by atoms with Gasteiger partial charge in [-0.15, -0.1) is 0 Å². The highest BCUT2D eigenvalue weighted by molar-refractivity contribution is 7.89. The molecule has 0 bridgehead atoms. The number of benzene rings is 1. The lowest BCUT2D eigenvalue weighted by Crippen LogP contribution is -2.67. The van der Waals surface area contributed by atoms with Gasteiger partial charge in [0.15, 0.2) is 0 Å².